The highest BCUT2D eigenvalue weighted by molar-refractivity contribution is 9.10. The van der Waals surface area contributed by atoms with Gasteiger partial charge < -0.3 is 15.5 Å². The first-order valence-electron chi connectivity index (χ1n) is 7.49. The van der Waals surface area contributed by atoms with Crippen molar-refractivity contribution in [2.75, 3.05) is 44.6 Å². The maximum atomic E-state index is 12.1. The number of hydrogen-bond donors (Lipinski definition) is 2. The molecule has 0 saturated carbocycles. The number of urea groups is 1. The second kappa shape index (κ2) is 8.52. The molecule has 1 aliphatic heterocycles. The largest absolute Gasteiger partial charge is 0.338 e. The Hall–Kier alpha value is -1.31. The number of nitrogens with one attached hydrogen (secondary N) is 2. The number of carbonyl (C=O) groups is 2. The zero-order valence-electron chi connectivity index (χ0n) is 12.9. The van der Waals surface area contributed by atoms with E-state index in [-0.39, 0.29) is 18.5 Å². The first kappa shape index (κ1) is 18.0. The topological polar surface area (TPSA) is 64.7 Å². The fourth-order valence-corrected chi connectivity index (χ4v) is 3.08. The lowest BCUT2D eigenvalue weighted by atomic mass is 10.3. The quantitative estimate of drug-likeness (QED) is 0.811. The van der Waals surface area contributed by atoms with Gasteiger partial charge in [0.2, 0.25) is 5.91 Å². The molecule has 6 nitrogen and oxygen atoms in total. The van der Waals surface area contributed by atoms with E-state index in [2.05, 4.69) is 26.6 Å². The van der Waals surface area contributed by atoms with Crippen LogP contribution in [0.1, 0.15) is 6.92 Å². The molecule has 1 aliphatic rings. The molecule has 126 valence electrons. The monoisotopic (exact) mass is 402 g/mol. The van der Waals surface area contributed by atoms with Crippen molar-refractivity contribution in [2.24, 2.45) is 0 Å². The third kappa shape index (κ3) is 5.37. The van der Waals surface area contributed by atoms with Gasteiger partial charge >= 0.3 is 6.03 Å². The summed E-state index contributed by atoms with van der Waals surface area (Å²) in [6, 6.07) is 5.28. The molecule has 1 fully saturated rings. The van der Waals surface area contributed by atoms with E-state index in [9.17, 15) is 9.59 Å². The molecule has 0 bridgehead atoms. The van der Waals surface area contributed by atoms with Crippen molar-refractivity contribution in [2.45, 2.75) is 6.92 Å². The lowest BCUT2D eigenvalue weighted by Gasteiger charge is -2.34. The van der Waals surface area contributed by atoms with Gasteiger partial charge in [0.05, 0.1) is 17.3 Å². The molecule has 0 atom stereocenters. The minimum absolute atomic E-state index is 0.0433. The van der Waals surface area contributed by atoms with Gasteiger partial charge in [0, 0.05) is 37.2 Å². The molecule has 0 radical (unpaired) electrons. The molecular formula is C15H20BrClN4O2. The lowest BCUT2D eigenvalue weighted by molar-refractivity contribution is -0.117. The highest BCUT2D eigenvalue weighted by Gasteiger charge is 2.22. The average Bonchev–Trinajstić information content (AvgIpc) is 2.51. The number of hydrogen-bond acceptors (Lipinski definition) is 3. The number of benzene rings is 1. The molecule has 8 heteroatoms. The summed E-state index contributed by atoms with van der Waals surface area (Å²) in [5.74, 6) is -0.110. The summed E-state index contributed by atoms with van der Waals surface area (Å²) in [7, 11) is 0. The van der Waals surface area contributed by atoms with Crippen molar-refractivity contribution < 1.29 is 9.59 Å². The van der Waals surface area contributed by atoms with Crippen LogP contribution in [-0.2, 0) is 4.79 Å². The van der Waals surface area contributed by atoms with Crippen molar-refractivity contribution in [3.63, 3.8) is 0 Å². The predicted octanol–water partition coefficient (Wildman–Crippen LogP) is 2.39. The van der Waals surface area contributed by atoms with Crippen molar-refractivity contribution >= 4 is 45.2 Å². The van der Waals surface area contributed by atoms with Crippen LogP contribution in [0.4, 0.5) is 10.5 Å². The van der Waals surface area contributed by atoms with Gasteiger partial charge in [0.15, 0.2) is 0 Å². The van der Waals surface area contributed by atoms with Crippen molar-refractivity contribution in [1.82, 2.24) is 15.1 Å². The van der Waals surface area contributed by atoms with Crippen molar-refractivity contribution in [3.05, 3.63) is 27.7 Å². The molecule has 0 unspecified atom stereocenters. The SMILES string of the molecule is CCNC(=O)N1CCN(CC(=O)Nc2ccc(Br)cc2Cl)CC1. The fraction of sp³-hybridized carbons (Fsp3) is 0.467. The minimum Gasteiger partial charge on any atom is -0.338 e. The zero-order valence-corrected chi connectivity index (χ0v) is 15.3. The van der Waals surface area contributed by atoms with Crippen LogP contribution in [0.3, 0.4) is 0 Å². The van der Waals surface area contributed by atoms with E-state index < -0.39 is 0 Å². The lowest BCUT2D eigenvalue weighted by Crippen LogP contribution is -2.53. The van der Waals surface area contributed by atoms with E-state index in [0.717, 1.165) is 4.47 Å². The normalized spacial score (nSPS) is 15.3. The number of piperazine rings is 1. The minimum atomic E-state index is -0.110. The molecule has 2 rings (SSSR count). The van der Waals surface area contributed by atoms with Crippen LogP contribution >= 0.6 is 27.5 Å². The van der Waals surface area contributed by atoms with Gasteiger partial charge in [0.25, 0.3) is 0 Å². The Balaban J connectivity index is 1.79. The molecule has 1 heterocycles. The van der Waals surface area contributed by atoms with Crippen LogP contribution in [0.5, 0.6) is 0 Å². The van der Waals surface area contributed by atoms with E-state index in [1.807, 2.05) is 17.9 Å². The van der Waals surface area contributed by atoms with Gasteiger partial charge in [-0.2, -0.15) is 0 Å². The fourth-order valence-electron chi connectivity index (χ4n) is 2.36. The summed E-state index contributed by atoms with van der Waals surface area (Å²) < 4.78 is 0.863. The second-order valence-electron chi connectivity index (χ2n) is 5.27. The second-order valence-corrected chi connectivity index (χ2v) is 6.59. The number of amides is 3. The summed E-state index contributed by atoms with van der Waals surface area (Å²) in [6.45, 7) is 5.41. The van der Waals surface area contributed by atoms with Gasteiger partial charge in [-0.3, -0.25) is 9.69 Å². The molecule has 3 amide bonds. The average molecular weight is 404 g/mol. The molecular weight excluding hydrogens is 384 g/mol. The van der Waals surface area contributed by atoms with Crippen LogP contribution in [0.25, 0.3) is 0 Å². The van der Waals surface area contributed by atoms with Crippen LogP contribution in [-0.4, -0.2) is 61.0 Å². The number of halogens is 2. The van der Waals surface area contributed by atoms with E-state index in [1.54, 1.807) is 17.0 Å². The molecule has 1 saturated heterocycles. The van der Waals surface area contributed by atoms with Gasteiger partial charge in [0.1, 0.15) is 0 Å². The predicted molar refractivity (Wildman–Crippen MR) is 94.9 cm³/mol. The van der Waals surface area contributed by atoms with Crippen molar-refractivity contribution in [1.29, 1.82) is 0 Å². The molecule has 1 aromatic rings. The van der Waals surface area contributed by atoms with E-state index in [4.69, 9.17) is 11.6 Å². The summed E-state index contributed by atoms with van der Waals surface area (Å²) >= 11 is 9.42. The van der Waals surface area contributed by atoms with Crippen LogP contribution in [0.2, 0.25) is 5.02 Å². The third-order valence-electron chi connectivity index (χ3n) is 3.56. The Morgan fingerprint density at radius 1 is 1.26 bits per heavy atom. The highest BCUT2D eigenvalue weighted by Crippen LogP contribution is 2.25. The molecule has 2 N–H and O–H groups in total. The number of rotatable bonds is 4. The number of anilines is 1. The summed E-state index contributed by atoms with van der Waals surface area (Å²) in [4.78, 5) is 27.6. The molecule has 0 aromatic heterocycles. The summed E-state index contributed by atoms with van der Waals surface area (Å²) in [5, 5.41) is 6.09. The van der Waals surface area contributed by atoms with Gasteiger partial charge in [-0.1, -0.05) is 27.5 Å². The van der Waals surface area contributed by atoms with E-state index in [1.165, 1.54) is 0 Å². The van der Waals surface area contributed by atoms with E-state index >= 15 is 0 Å². The standard InChI is InChI=1S/C15H20BrClN4O2/c1-2-18-15(23)21-7-5-20(6-8-21)10-14(22)19-13-4-3-11(16)9-12(13)17/h3-4,9H,2,5-8,10H2,1H3,(H,18,23)(H,19,22). The summed E-state index contributed by atoms with van der Waals surface area (Å²) in [6.07, 6.45) is 0. The molecule has 0 aliphatic carbocycles. The van der Waals surface area contributed by atoms with Gasteiger partial charge in [-0.15, -0.1) is 0 Å². The number of nitrogens with zero attached hydrogens (tertiary/aromatic N) is 2. The highest BCUT2D eigenvalue weighted by atomic mass is 79.9. The smallest absolute Gasteiger partial charge is 0.317 e. The van der Waals surface area contributed by atoms with Crippen molar-refractivity contribution in [3.8, 4) is 0 Å². The van der Waals surface area contributed by atoms with E-state index in [0.29, 0.717) is 43.4 Å². The molecule has 1 aromatic carbocycles. The number of carbonyl (C=O) groups excluding carboxylic acids is 2. The Labute approximate surface area is 149 Å². The summed E-state index contributed by atoms with van der Waals surface area (Å²) in [5.41, 5.74) is 0.598. The molecule has 0 spiro atoms. The maximum absolute atomic E-state index is 12.1. The Morgan fingerprint density at radius 2 is 1.96 bits per heavy atom. The van der Waals surface area contributed by atoms with Crippen LogP contribution < -0.4 is 10.6 Å². The maximum Gasteiger partial charge on any atom is 0.317 e. The third-order valence-corrected chi connectivity index (χ3v) is 4.37. The molecule has 23 heavy (non-hydrogen) atoms. The van der Waals surface area contributed by atoms with Crippen LogP contribution in [0, 0.1) is 0 Å². The van der Waals surface area contributed by atoms with Gasteiger partial charge in [-0.25, -0.2) is 4.79 Å². The Bertz CT molecular complexity index is 577. The first-order valence-corrected chi connectivity index (χ1v) is 8.66. The Morgan fingerprint density at radius 3 is 2.57 bits per heavy atom. The van der Waals surface area contributed by atoms with Gasteiger partial charge in [-0.05, 0) is 25.1 Å². The zero-order chi connectivity index (χ0) is 16.8. The first-order chi connectivity index (χ1) is 11.0. The van der Waals surface area contributed by atoms with Crippen LogP contribution in [0.15, 0.2) is 22.7 Å². The Kier molecular flexibility index (Phi) is 6.68.